The Kier molecular flexibility index (Phi) is 18.1. The second-order valence-corrected chi connectivity index (χ2v) is 39.2. The summed E-state index contributed by atoms with van der Waals surface area (Å²) in [5, 5.41) is 25.2. The van der Waals surface area contributed by atoms with E-state index >= 15 is 0 Å². The Hall–Kier alpha value is -18.5. The van der Waals surface area contributed by atoms with E-state index in [1.54, 1.807) is 30.7 Å². The highest BCUT2D eigenvalue weighted by Gasteiger charge is 2.28. The average molecular weight is 1900 g/mol. The zero-order valence-electron chi connectivity index (χ0n) is 81.6. The number of nitrogens with zero attached hydrogens (tertiary/aromatic N) is 12. The lowest BCUT2D eigenvalue weighted by atomic mass is 10.00. The van der Waals surface area contributed by atoms with E-state index in [-0.39, 0.29) is 23.3 Å². The normalized spacial score (nSPS) is 12.4. The molecule has 0 unspecified atom stereocenters. The molecule has 0 saturated carbocycles. The van der Waals surface area contributed by atoms with Crippen molar-refractivity contribution in [3.63, 3.8) is 0 Å². The minimum Gasteiger partial charge on any atom is -0.309 e. The number of hydrogen-bond acceptors (Lipinski definition) is 12. The topological polar surface area (TPSA) is 131 Å². The summed E-state index contributed by atoms with van der Waals surface area (Å²) in [6, 6.07) is 143. The summed E-state index contributed by atoms with van der Waals surface area (Å²) in [4.78, 5) is 43.4. The molecule has 12 aromatic heterocycles. The van der Waals surface area contributed by atoms with Crippen molar-refractivity contribution >= 4 is 225 Å². The predicted molar refractivity (Wildman–Crippen MR) is 604 cm³/mol. The molecule has 0 aliphatic heterocycles. The fraction of sp³-hybridized carbons (Fsp3) is 0. The molecule has 670 valence electrons. The maximum absolute atomic E-state index is 8.65. The number of para-hydroxylation sites is 3. The van der Waals surface area contributed by atoms with Crippen LogP contribution in [0, 0.1) is 0 Å². The molecule has 12 heterocycles. The molecule has 31 rings (SSSR count). The van der Waals surface area contributed by atoms with Crippen LogP contribution in [0.3, 0.4) is 0 Å². The largest absolute Gasteiger partial charge is 0.309 e. The first-order chi connectivity index (χ1) is 73.5. The number of rotatable bonds is 10. The molecule has 0 saturated heterocycles. The monoisotopic (exact) mass is 1890 g/mol. The minimum atomic E-state index is -0.452. The van der Waals surface area contributed by atoms with Gasteiger partial charge in [0.05, 0.1) is 57.0 Å². The molecule has 0 spiro atoms. The quantitative estimate of drug-likeness (QED) is 0.131. The number of fused-ring (bicyclic) bond motifs is 33. The van der Waals surface area contributed by atoms with E-state index in [0.717, 1.165) is 72.5 Å². The third-order valence-corrected chi connectivity index (χ3v) is 31.7. The Balaban J connectivity index is 0.000000105. The lowest BCUT2D eigenvalue weighted by Gasteiger charge is -2.12. The first kappa shape index (κ1) is 77.4. The molecule has 31 aromatic rings. The van der Waals surface area contributed by atoms with Crippen molar-refractivity contribution in [3.8, 4) is 96.1 Å². The van der Waals surface area contributed by atoms with E-state index in [4.69, 9.17) is 36.8 Å². The number of thiophene rings is 3. The van der Waals surface area contributed by atoms with E-state index in [0.29, 0.717) is 45.4 Å². The second kappa shape index (κ2) is 33.7. The van der Waals surface area contributed by atoms with Crippen molar-refractivity contribution in [2.75, 3.05) is 0 Å². The van der Waals surface area contributed by atoms with Crippen LogP contribution in [-0.2, 0) is 0 Å². The third kappa shape index (κ3) is 13.3. The van der Waals surface area contributed by atoms with E-state index in [1.165, 1.54) is 158 Å². The maximum atomic E-state index is 8.65. The molecule has 144 heavy (non-hydrogen) atoms. The Morgan fingerprint density at radius 3 is 0.792 bits per heavy atom. The van der Waals surface area contributed by atoms with Crippen molar-refractivity contribution in [1.82, 2.24) is 58.6 Å². The van der Waals surface area contributed by atoms with Gasteiger partial charge in [0, 0.05) is 210 Å². The minimum absolute atomic E-state index is 0.0173. The van der Waals surface area contributed by atoms with Gasteiger partial charge in [0.2, 0.25) is 0 Å². The molecule has 15 heteroatoms. The zero-order chi connectivity index (χ0) is 98.9. The summed E-state index contributed by atoms with van der Waals surface area (Å²) in [6.45, 7) is 0. The second-order valence-electron chi connectivity index (χ2n) is 36.0. The number of pyridine rings is 3. The van der Waals surface area contributed by atoms with Crippen LogP contribution in [0.15, 0.2) is 461 Å². The summed E-state index contributed by atoms with van der Waals surface area (Å²) in [6.07, 6.45) is 5.20. The Morgan fingerprint density at radius 2 is 0.444 bits per heavy atom. The van der Waals surface area contributed by atoms with Gasteiger partial charge in [-0.3, -0.25) is 0 Å². The fourth-order valence-electron chi connectivity index (χ4n) is 21.8. The molecular formula is C129H76N12S3. The fourth-order valence-corrected chi connectivity index (χ4v) is 25.5. The summed E-state index contributed by atoms with van der Waals surface area (Å²) in [5.41, 5.74) is 21.0. The number of benzene rings is 19. The SMILES string of the molecule is [2H]c1c([2H])c([2H])c(-c2nc(-c3ccc(-n4c5ccccc5c5c6c7ccccc7sc6c6ccccc6c54)cc3)nc3ncccc23)c([2H])c1[2H].c1ccc(-c2ccc(-c3nc(-c4ccc(-n5c6ccccc6c6c7c8ccccc8sc7c7ccccc7c65)cc4)nc4ncccc34)cc2)cc1.c1ccc(-c2nc(-c3ccc(-n4c5ccccc5c5c6c7ccccc7sc6c6ccccc6c54)cc3)nc3ncccc23)cc1. The summed E-state index contributed by atoms with van der Waals surface area (Å²) in [5.74, 6) is 1.66. The lowest BCUT2D eigenvalue weighted by Crippen LogP contribution is -1.98. The lowest BCUT2D eigenvalue weighted by molar-refractivity contribution is 1.17. The third-order valence-electron chi connectivity index (χ3n) is 28.1. The summed E-state index contributed by atoms with van der Waals surface area (Å²) < 4.78 is 57.0. The Labute approximate surface area is 842 Å². The van der Waals surface area contributed by atoms with Gasteiger partial charge in [0.25, 0.3) is 0 Å². The van der Waals surface area contributed by atoms with Crippen molar-refractivity contribution in [3.05, 3.63) is 461 Å². The van der Waals surface area contributed by atoms with Gasteiger partial charge in [-0.2, -0.15) is 0 Å². The Bertz CT molecular complexity index is 11000. The van der Waals surface area contributed by atoms with Gasteiger partial charge in [-0.15, -0.1) is 34.0 Å². The molecule has 0 amide bonds. The van der Waals surface area contributed by atoms with Crippen molar-refractivity contribution < 1.29 is 6.85 Å². The number of aromatic nitrogens is 12. The summed E-state index contributed by atoms with van der Waals surface area (Å²) in [7, 11) is 0. The smallest absolute Gasteiger partial charge is 0.163 e. The van der Waals surface area contributed by atoms with Crippen LogP contribution in [-0.4, -0.2) is 58.6 Å². The molecule has 12 nitrogen and oxygen atoms in total. The average Bonchev–Trinajstić information content (AvgIpc) is 1.54. The van der Waals surface area contributed by atoms with Gasteiger partial charge < -0.3 is 13.7 Å². The van der Waals surface area contributed by atoms with Crippen LogP contribution in [0.25, 0.3) is 287 Å². The molecular weight excluding hydrogens is 1810 g/mol. The first-order valence-electron chi connectivity index (χ1n) is 50.3. The standard InChI is InChI=1S/C47H28N4S.2C41H24N4S/c1-2-11-29(12-3-1)30-20-22-31(23-21-30)43-38-17-10-28-48-47(38)50-46(49-43)32-24-26-33(27-25-32)51-39-18-8-6-15-36(39)41-42-37-16-7-9-19-40(37)52-45(42)35-14-5-4-13-34(35)44(41)51;2*1-2-11-25(12-3-1)37-32-17-10-24-42-41(32)44-40(43-37)26-20-22-27(23-21-26)45-33-18-8-6-15-30(33)35-36-31-16-7-9-19-34(31)46-39(36)29-14-5-4-13-28(29)38(35)45/h1-28H;2*1-24H/i;1D,2D,3D,11D,12D;. The van der Waals surface area contributed by atoms with Gasteiger partial charge in [-0.05, 0) is 157 Å². The van der Waals surface area contributed by atoms with Crippen LogP contribution in [0.5, 0.6) is 0 Å². The molecule has 0 atom stereocenters. The predicted octanol–water partition coefficient (Wildman–Crippen LogP) is 34.6. The number of hydrogen-bond donors (Lipinski definition) is 0. The van der Waals surface area contributed by atoms with Crippen LogP contribution >= 0.6 is 34.0 Å². The molecule has 0 fully saturated rings. The van der Waals surface area contributed by atoms with Crippen molar-refractivity contribution in [2.45, 2.75) is 0 Å². The summed E-state index contributed by atoms with van der Waals surface area (Å²) >= 11 is 5.62. The molecule has 0 bridgehead atoms. The highest BCUT2D eigenvalue weighted by Crippen LogP contribution is 2.53. The van der Waals surface area contributed by atoms with Gasteiger partial charge in [0.15, 0.2) is 34.4 Å². The van der Waals surface area contributed by atoms with Gasteiger partial charge in [-0.1, -0.05) is 297 Å². The molecule has 0 aliphatic rings. The molecule has 0 N–H and O–H groups in total. The van der Waals surface area contributed by atoms with E-state index < -0.39 is 18.1 Å². The highest BCUT2D eigenvalue weighted by atomic mass is 32.1. The van der Waals surface area contributed by atoms with E-state index in [9.17, 15) is 0 Å². The van der Waals surface area contributed by atoms with Crippen molar-refractivity contribution in [2.24, 2.45) is 0 Å². The first-order valence-corrected chi connectivity index (χ1v) is 50.2. The van der Waals surface area contributed by atoms with E-state index in [1.807, 2.05) is 88.6 Å². The van der Waals surface area contributed by atoms with Gasteiger partial charge >= 0.3 is 0 Å². The molecule has 0 aliphatic carbocycles. The van der Waals surface area contributed by atoms with E-state index in [2.05, 4.69) is 374 Å². The van der Waals surface area contributed by atoms with Gasteiger partial charge in [-0.25, -0.2) is 44.9 Å². The molecule has 19 aromatic carbocycles. The van der Waals surface area contributed by atoms with Gasteiger partial charge in [0.1, 0.15) is 0 Å². The van der Waals surface area contributed by atoms with Crippen LogP contribution < -0.4 is 0 Å². The Morgan fingerprint density at radius 1 is 0.188 bits per heavy atom. The molecule has 0 radical (unpaired) electrons. The van der Waals surface area contributed by atoms with Crippen LogP contribution in [0.2, 0.25) is 0 Å². The highest BCUT2D eigenvalue weighted by molar-refractivity contribution is 7.28. The van der Waals surface area contributed by atoms with Crippen LogP contribution in [0.4, 0.5) is 0 Å². The van der Waals surface area contributed by atoms with Crippen LogP contribution in [0.1, 0.15) is 6.85 Å². The zero-order valence-corrected chi connectivity index (χ0v) is 79.0. The van der Waals surface area contributed by atoms with Crippen molar-refractivity contribution in [1.29, 1.82) is 0 Å². The maximum Gasteiger partial charge on any atom is 0.163 e.